The van der Waals surface area contributed by atoms with Crippen LogP contribution in [0.4, 0.5) is 4.39 Å². The normalized spacial score (nSPS) is 25.5. The topological polar surface area (TPSA) is 21.3 Å². The van der Waals surface area contributed by atoms with Crippen LogP contribution in [0.5, 0.6) is 5.75 Å². The Morgan fingerprint density at radius 2 is 2.27 bits per heavy atom. The Balaban J connectivity index is 2.44. The molecule has 1 fully saturated rings. The number of methoxy groups -OCH3 is 1. The highest BCUT2D eigenvalue weighted by Crippen LogP contribution is 2.36. The lowest BCUT2D eigenvalue weighted by molar-refractivity contribution is 0.389. The van der Waals surface area contributed by atoms with Crippen molar-refractivity contribution in [1.29, 1.82) is 0 Å². The van der Waals surface area contributed by atoms with Crippen LogP contribution in [-0.2, 0) is 5.41 Å². The number of halogens is 1. The van der Waals surface area contributed by atoms with E-state index in [0.717, 1.165) is 30.8 Å². The Labute approximate surface area is 89.4 Å². The first-order valence-corrected chi connectivity index (χ1v) is 5.20. The molecule has 1 aromatic carbocycles. The highest BCUT2D eigenvalue weighted by Gasteiger charge is 2.33. The second-order valence-electron chi connectivity index (χ2n) is 4.33. The Morgan fingerprint density at radius 3 is 2.87 bits per heavy atom. The van der Waals surface area contributed by atoms with Crippen LogP contribution in [0, 0.1) is 5.82 Å². The third-order valence-corrected chi connectivity index (χ3v) is 3.18. The quantitative estimate of drug-likeness (QED) is 0.805. The second-order valence-corrected chi connectivity index (χ2v) is 4.33. The molecule has 1 aromatic rings. The standard InChI is InChI=1S/C12H16FNO/c1-12(5-6-14-8-12)10-7-9(13)3-4-11(10)15-2/h3-4,7,14H,5-6,8H2,1-2H3. The summed E-state index contributed by atoms with van der Waals surface area (Å²) in [5.74, 6) is 0.585. The van der Waals surface area contributed by atoms with Gasteiger partial charge in [-0.05, 0) is 31.2 Å². The molecule has 0 aromatic heterocycles. The maximum Gasteiger partial charge on any atom is 0.123 e. The van der Waals surface area contributed by atoms with Crippen LogP contribution in [0.3, 0.4) is 0 Å². The molecule has 0 bridgehead atoms. The van der Waals surface area contributed by atoms with E-state index in [2.05, 4.69) is 12.2 Å². The van der Waals surface area contributed by atoms with E-state index < -0.39 is 0 Å². The molecule has 15 heavy (non-hydrogen) atoms. The molecule has 3 heteroatoms. The molecule has 1 heterocycles. The van der Waals surface area contributed by atoms with Crippen molar-refractivity contribution >= 4 is 0 Å². The molecular weight excluding hydrogens is 193 g/mol. The number of hydrogen-bond acceptors (Lipinski definition) is 2. The van der Waals surface area contributed by atoms with Crippen molar-refractivity contribution in [3.05, 3.63) is 29.6 Å². The van der Waals surface area contributed by atoms with Crippen molar-refractivity contribution in [3.63, 3.8) is 0 Å². The van der Waals surface area contributed by atoms with Gasteiger partial charge in [0.05, 0.1) is 7.11 Å². The Morgan fingerprint density at radius 1 is 1.47 bits per heavy atom. The number of hydrogen-bond donors (Lipinski definition) is 1. The number of ether oxygens (including phenoxy) is 1. The molecule has 1 atom stereocenters. The monoisotopic (exact) mass is 209 g/mol. The van der Waals surface area contributed by atoms with Crippen LogP contribution in [-0.4, -0.2) is 20.2 Å². The number of benzene rings is 1. The van der Waals surface area contributed by atoms with Crippen LogP contribution >= 0.6 is 0 Å². The zero-order chi connectivity index (χ0) is 10.9. The third-order valence-electron chi connectivity index (χ3n) is 3.18. The molecule has 1 saturated heterocycles. The molecule has 0 amide bonds. The first-order valence-electron chi connectivity index (χ1n) is 5.20. The van der Waals surface area contributed by atoms with Crippen molar-refractivity contribution in [2.45, 2.75) is 18.8 Å². The molecule has 2 rings (SSSR count). The molecule has 1 N–H and O–H groups in total. The minimum absolute atomic E-state index is 0.00650. The fourth-order valence-corrected chi connectivity index (χ4v) is 2.20. The Bertz CT molecular complexity index is 359. The van der Waals surface area contributed by atoms with Crippen LogP contribution < -0.4 is 10.1 Å². The van der Waals surface area contributed by atoms with E-state index in [0.29, 0.717) is 0 Å². The fourth-order valence-electron chi connectivity index (χ4n) is 2.20. The van der Waals surface area contributed by atoms with Crippen LogP contribution in [0.2, 0.25) is 0 Å². The first-order chi connectivity index (χ1) is 7.15. The zero-order valence-electron chi connectivity index (χ0n) is 9.14. The maximum absolute atomic E-state index is 13.2. The van der Waals surface area contributed by atoms with E-state index in [1.54, 1.807) is 19.2 Å². The smallest absolute Gasteiger partial charge is 0.123 e. The van der Waals surface area contributed by atoms with Gasteiger partial charge in [0.25, 0.3) is 0 Å². The van der Waals surface area contributed by atoms with E-state index in [1.165, 1.54) is 6.07 Å². The minimum Gasteiger partial charge on any atom is -0.496 e. The summed E-state index contributed by atoms with van der Waals surface area (Å²) < 4.78 is 18.5. The van der Waals surface area contributed by atoms with Gasteiger partial charge >= 0.3 is 0 Å². The van der Waals surface area contributed by atoms with Gasteiger partial charge in [0, 0.05) is 17.5 Å². The van der Waals surface area contributed by atoms with Gasteiger partial charge in [0.15, 0.2) is 0 Å². The lowest BCUT2D eigenvalue weighted by Crippen LogP contribution is -2.25. The summed E-state index contributed by atoms with van der Waals surface area (Å²) in [6.45, 7) is 4.01. The van der Waals surface area contributed by atoms with Crippen molar-refractivity contribution in [2.24, 2.45) is 0 Å². The van der Waals surface area contributed by atoms with Crippen molar-refractivity contribution in [1.82, 2.24) is 5.32 Å². The van der Waals surface area contributed by atoms with Gasteiger partial charge in [-0.15, -0.1) is 0 Å². The van der Waals surface area contributed by atoms with Crippen molar-refractivity contribution in [3.8, 4) is 5.75 Å². The third kappa shape index (κ3) is 1.84. The predicted molar refractivity (Wildman–Crippen MR) is 57.8 cm³/mol. The molecule has 0 spiro atoms. The molecule has 1 aliphatic rings. The average Bonchev–Trinajstić information content (AvgIpc) is 2.66. The minimum atomic E-state index is -0.195. The summed E-state index contributed by atoms with van der Waals surface area (Å²) in [4.78, 5) is 0. The van der Waals surface area contributed by atoms with E-state index in [9.17, 15) is 4.39 Å². The highest BCUT2D eigenvalue weighted by atomic mass is 19.1. The maximum atomic E-state index is 13.2. The lowest BCUT2D eigenvalue weighted by atomic mass is 9.81. The second kappa shape index (κ2) is 3.81. The van der Waals surface area contributed by atoms with Gasteiger partial charge in [-0.25, -0.2) is 4.39 Å². The SMILES string of the molecule is COc1ccc(F)cc1C1(C)CCNC1. The zero-order valence-corrected chi connectivity index (χ0v) is 9.14. The van der Waals surface area contributed by atoms with E-state index in [-0.39, 0.29) is 11.2 Å². The molecule has 0 aliphatic carbocycles. The summed E-state index contributed by atoms with van der Waals surface area (Å²) in [5, 5.41) is 3.30. The molecule has 2 nitrogen and oxygen atoms in total. The summed E-state index contributed by atoms with van der Waals surface area (Å²) in [5.41, 5.74) is 0.961. The van der Waals surface area contributed by atoms with Crippen LogP contribution in [0.1, 0.15) is 18.9 Å². The average molecular weight is 209 g/mol. The van der Waals surface area contributed by atoms with Gasteiger partial charge in [-0.1, -0.05) is 6.92 Å². The Kier molecular flexibility index (Phi) is 2.65. The van der Waals surface area contributed by atoms with Gasteiger partial charge < -0.3 is 10.1 Å². The largest absolute Gasteiger partial charge is 0.496 e. The van der Waals surface area contributed by atoms with Crippen LogP contribution in [0.15, 0.2) is 18.2 Å². The lowest BCUT2D eigenvalue weighted by Gasteiger charge is -2.25. The summed E-state index contributed by atoms with van der Waals surface area (Å²) in [7, 11) is 1.63. The first kappa shape index (κ1) is 10.4. The molecule has 82 valence electrons. The summed E-state index contributed by atoms with van der Waals surface area (Å²) in [6, 6.07) is 4.73. The van der Waals surface area contributed by atoms with Gasteiger partial charge in [-0.2, -0.15) is 0 Å². The van der Waals surface area contributed by atoms with E-state index in [4.69, 9.17) is 4.74 Å². The van der Waals surface area contributed by atoms with E-state index >= 15 is 0 Å². The fraction of sp³-hybridized carbons (Fsp3) is 0.500. The van der Waals surface area contributed by atoms with Gasteiger partial charge in [-0.3, -0.25) is 0 Å². The highest BCUT2D eigenvalue weighted by molar-refractivity contribution is 5.40. The number of nitrogens with one attached hydrogen (secondary N) is 1. The molecule has 1 aliphatic heterocycles. The van der Waals surface area contributed by atoms with Gasteiger partial charge in [0.1, 0.15) is 11.6 Å². The van der Waals surface area contributed by atoms with E-state index in [1.807, 2.05) is 0 Å². The molecular formula is C12H16FNO. The summed E-state index contributed by atoms with van der Waals surface area (Å²) in [6.07, 6.45) is 1.02. The molecule has 0 radical (unpaired) electrons. The van der Waals surface area contributed by atoms with Gasteiger partial charge in [0.2, 0.25) is 0 Å². The Hall–Kier alpha value is -1.09. The van der Waals surface area contributed by atoms with Crippen LogP contribution in [0.25, 0.3) is 0 Å². The molecule has 1 unspecified atom stereocenters. The van der Waals surface area contributed by atoms with Crippen molar-refractivity contribution in [2.75, 3.05) is 20.2 Å². The van der Waals surface area contributed by atoms with Crippen molar-refractivity contribution < 1.29 is 9.13 Å². The molecule has 0 saturated carbocycles. The number of rotatable bonds is 2. The predicted octanol–water partition coefficient (Wildman–Crippen LogP) is 2.09. The summed E-state index contributed by atoms with van der Waals surface area (Å²) >= 11 is 0.